The predicted molar refractivity (Wildman–Crippen MR) is 64.0 cm³/mol. The molecule has 1 atom stereocenters. The Morgan fingerprint density at radius 2 is 1.87 bits per heavy atom. The van der Waals surface area contributed by atoms with Crippen LogP contribution in [0.5, 0.6) is 0 Å². The van der Waals surface area contributed by atoms with E-state index in [1.54, 1.807) is 0 Å². The molecule has 0 radical (unpaired) electrons. The zero-order valence-electron chi connectivity index (χ0n) is 9.48. The second-order valence-electron chi connectivity index (χ2n) is 3.52. The van der Waals surface area contributed by atoms with Gasteiger partial charge in [0, 0.05) is 18.8 Å². The summed E-state index contributed by atoms with van der Waals surface area (Å²) in [6.07, 6.45) is 0. The predicted octanol–water partition coefficient (Wildman–Crippen LogP) is 1.52. The molecule has 0 bridgehead atoms. The van der Waals surface area contributed by atoms with Crippen molar-refractivity contribution in [1.82, 2.24) is 0 Å². The van der Waals surface area contributed by atoms with Crippen LogP contribution in [0.15, 0.2) is 24.3 Å². The van der Waals surface area contributed by atoms with Crippen LogP contribution in [0.4, 0.5) is 5.69 Å². The number of para-hydroxylation sites is 1. The molecular weight excluding hydrogens is 188 g/mol. The molecule has 3 heteroatoms. The Bertz CT molecular complexity index is 297. The van der Waals surface area contributed by atoms with Crippen LogP contribution < -0.4 is 10.6 Å². The monoisotopic (exact) mass is 208 g/mol. The van der Waals surface area contributed by atoms with Gasteiger partial charge in [0.05, 0.1) is 12.6 Å². The summed E-state index contributed by atoms with van der Waals surface area (Å²) in [6, 6.07) is 7.70. The zero-order valence-corrected chi connectivity index (χ0v) is 9.48. The third-order valence-corrected chi connectivity index (χ3v) is 2.64. The van der Waals surface area contributed by atoms with E-state index in [9.17, 15) is 0 Å². The van der Waals surface area contributed by atoms with Gasteiger partial charge < -0.3 is 15.7 Å². The third-order valence-electron chi connectivity index (χ3n) is 2.64. The van der Waals surface area contributed by atoms with Gasteiger partial charge >= 0.3 is 0 Å². The number of benzene rings is 1. The molecular formula is C12H20N2O. The molecule has 0 spiro atoms. The van der Waals surface area contributed by atoms with Crippen LogP contribution in [-0.4, -0.2) is 24.8 Å². The minimum Gasteiger partial charge on any atom is -0.394 e. The molecule has 1 aromatic rings. The number of rotatable bonds is 5. The first-order chi connectivity index (χ1) is 7.24. The van der Waals surface area contributed by atoms with Crippen molar-refractivity contribution in [2.24, 2.45) is 5.73 Å². The Balaban J connectivity index is 3.04. The van der Waals surface area contributed by atoms with Gasteiger partial charge in [0.2, 0.25) is 0 Å². The van der Waals surface area contributed by atoms with Crippen LogP contribution >= 0.6 is 0 Å². The molecule has 3 N–H and O–H groups in total. The number of nitrogens with two attached hydrogens (primary N) is 1. The molecule has 0 aliphatic carbocycles. The molecule has 1 unspecified atom stereocenters. The molecule has 0 aliphatic heterocycles. The maximum atomic E-state index is 9.10. The van der Waals surface area contributed by atoms with Crippen LogP contribution in [0.2, 0.25) is 0 Å². The van der Waals surface area contributed by atoms with Crippen LogP contribution in [0.3, 0.4) is 0 Å². The van der Waals surface area contributed by atoms with E-state index < -0.39 is 0 Å². The lowest BCUT2D eigenvalue weighted by molar-refractivity contribution is 0.268. The largest absolute Gasteiger partial charge is 0.394 e. The molecule has 0 aromatic heterocycles. The SMILES string of the molecule is CCN(CC)c1ccccc1C(N)CO. The fraction of sp³-hybridized carbons (Fsp3) is 0.500. The molecule has 0 saturated carbocycles. The van der Waals surface area contributed by atoms with E-state index in [1.165, 1.54) is 0 Å². The fourth-order valence-electron chi connectivity index (χ4n) is 1.75. The second kappa shape index (κ2) is 5.73. The highest BCUT2D eigenvalue weighted by molar-refractivity contribution is 5.54. The van der Waals surface area contributed by atoms with Gasteiger partial charge in [0.25, 0.3) is 0 Å². The Morgan fingerprint density at radius 3 is 2.40 bits per heavy atom. The van der Waals surface area contributed by atoms with Gasteiger partial charge in [-0.15, -0.1) is 0 Å². The van der Waals surface area contributed by atoms with Crippen molar-refractivity contribution in [2.45, 2.75) is 19.9 Å². The summed E-state index contributed by atoms with van der Waals surface area (Å²) in [6.45, 7) is 6.12. The van der Waals surface area contributed by atoms with Gasteiger partial charge in [-0.3, -0.25) is 0 Å². The quantitative estimate of drug-likeness (QED) is 0.771. The molecule has 0 aliphatic rings. The molecule has 0 heterocycles. The van der Waals surface area contributed by atoms with E-state index in [-0.39, 0.29) is 12.6 Å². The lowest BCUT2D eigenvalue weighted by Gasteiger charge is -2.25. The summed E-state index contributed by atoms with van der Waals surface area (Å²) >= 11 is 0. The number of aliphatic hydroxyl groups excluding tert-OH is 1. The average molecular weight is 208 g/mol. The summed E-state index contributed by atoms with van der Waals surface area (Å²) in [4.78, 5) is 2.24. The number of aliphatic hydroxyl groups is 1. The smallest absolute Gasteiger partial charge is 0.0625 e. The number of hydrogen-bond acceptors (Lipinski definition) is 3. The summed E-state index contributed by atoms with van der Waals surface area (Å²) in [5.74, 6) is 0. The summed E-state index contributed by atoms with van der Waals surface area (Å²) in [5, 5.41) is 9.10. The number of hydrogen-bond donors (Lipinski definition) is 2. The highest BCUT2D eigenvalue weighted by Gasteiger charge is 2.12. The Labute approximate surface area is 91.5 Å². The molecule has 84 valence electrons. The normalized spacial score (nSPS) is 12.5. The first-order valence-corrected chi connectivity index (χ1v) is 5.44. The maximum absolute atomic E-state index is 9.10. The molecule has 0 saturated heterocycles. The molecule has 3 nitrogen and oxygen atoms in total. The van der Waals surface area contributed by atoms with E-state index in [0.29, 0.717) is 0 Å². The highest BCUT2D eigenvalue weighted by Crippen LogP contribution is 2.24. The first-order valence-electron chi connectivity index (χ1n) is 5.44. The van der Waals surface area contributed by atoms with E-state index in [4.69, 9.17) is 10.8 Å². The zero-order chi connectivity index (χ0) is 11.3. The van der Waals surface area contributed by atoms with Crippen molar-refractivity contribution in [2.75, 3.05) is 24.6 Å². The van der Waals surface area contributed by atoms with Gasteiger partial charge in [-0.1, -0.05) is 18.2 Å². The number of anilines is 1. The topological polar surface area (TPSA) is 49.5 Å². The van der Waals surface area contributed by atoms with Crippen molar-refractivity contribution in [1.29, 1.82) is 0 Å². The van der Waals surface area contributed by atoms with Crippen LogP contribution in [0.1, 0.15) is 25.5 Å². The molecule has 15 heavy (non-hydrogen) atoms. The fourth-order valence-corrected chi connectivity index (χ4v) is 1.75. The molecule has 1 aromatic carbocycles. The van der Waals surface area contributed by atoms with Crippen molar-refractivity contribution >= 4 is 5.69 Å². The van der Waals surface area contributed by atoms with Crippen LogP contribution in [0, 0.1) is 0 Å². The summed E-state index contributed by atoms with van der Waals surface area (Å²) < 4.78 is 0. The standard InChI is InChI=1S/C12H20N2O/c1-3-14(4-2)12-8-6-5-7-10(12)11(13)9-15/h5-8,11,15H,3-4,9,13H2,1-2H3. The van der Waals surface area contributed by atoms with E-state index in [2.05, 4.69) is 24.8 Å². The summed E-state index contributed by atoms with van der Waals surface area (Å²) in [7, 11) is 0. The minimum absolute atomic E-state index is 0.0156. The minimum atomic E-state index is -0.290. The third kappa shape index (κ3) is 2.70. The van der Waals surface area contributed by atoms with Crippen LogP contribution in [-0.2, 0) is 0 Å². The van der Waals surface area contributed by atoms with E-state index >= 15 is 0 Å². The Hall–Kier alpha value is -1.06. The number of nitrogens with zero attached hydrogens (tertiary/aromatic N) is 1. The Kier molecular flexibility index (Phi) is 4.59. The highest BCUT2D eigenvalue weighted by atomic mass is 16.3. The molecule has 0 fully saturated rings. The molecule has 1 rings (SSSR count). The lowest BCUT2D eigenvalue weighted by Crippen LogP contribution is -2.26. The van der Waals surface area contributed by atoms with Gasteiger partial charge in [-0.2, -0.15) is 0 Å². The van der Waals surface area contributed by atoms with Crippen LogP contribution in [0.25, 0.3) is 0 Å². The lowest BCUT2D eigenvalue weighted by atomic mass is 10.1. The first kappa shape index (κ1) is 12.0. The van der Waals surface area contributed by atoms with Crippen molar-refractivity contribution < 1.29 is 5.11 Å². The van der Waals surface area contributed by atoms with Gasteiger partial charge in [-0.25, -0.2) is 0 Å². The van der Waals surface area contributed by atoms with Crippen molar-refractivity contribution in [3.63, 3.8) is 0 Å². The average Bonchev–Trinajstić information content (AvgIpc) is 2.30. The second-order valence-corrected chi connectivity index (χ2v) is 3.52. The van der Waals surface area contributed by atoms with Crippen molar-refractivity contribution in [3.8, 4) is 0 Å². The Morgan fingerprint density at radius 1 is 1.27 bits per heavy atom. The van der Waals surface area contributed by atoms with E-state index in [1.807, 2.05) is 18.2 Å². The van der Waals surface area contributed by atoms with Gasteiger partial charge in [0.1, 0.15) is 0 Å². The molecule has 0 amide bonds. The summed E-state index contributed by atoms with van der Waals surface area (Å²) in [5.41, 5.74) is 8.01. The van der Waals surface area contributed by atoms with Gasteiger partial charge in [-0.05, 0) is 25.5 Å². The van der Waals surface area contributed by atoms with Gasteiger partial charge in [0.15, 0.2) is 0 Å². The van der Waals surface area contributed by atoms with E-state index in [0.717, 1.165) is 24.3 Å². The maximum Gasteiger partial charge on any atom is 0.0625 e. The van der Waals surface area contributed by atoms with Crippen molar-refractivity contribution in [3.05, 3.63) is 29.8 Å².